The number of aromatic nitrogens is 1. The summed E-state index contributed by atoms with van der Waals surface area (Å²) >= 11 is 3.23. The number of carbonyl (C=O) groups is 1. The van der Waals surface area contributed by atoms with Crippen LogP contribution in [0.4, 0.5) is 0 Å². The Bertz CT molecular complexity index is 289. The molecule has 0 bridgehead atoms. The minimum Gasteiger partial charge on any atom is -0.350 e. The molecule has 0 aliphatic carbocycles. The van der Waals surface area contributed by atoms with E-state index in [1.165, 1.54) is 0 Å². The first-order valence-corrected chi connectivity index (χ1v) is 5.61. The molecule has 76 valence electrons. The van der Waals surface area contributed by atoms with Gasteiger partial charge in [-0.3, -0.25) is 9.78 Å². The lowest BCUT2D eigenvalue weighted by Gasteiger charge is -2.13. The van der Waals surface area contributed by atoms with E-state index in [9.17, 15) is 4.79 Å². The SMILES string of the molecule is C[C@H](NC(=O)CCBr)c1ccncc1. The number of amides is 1. The Kier molecular flexibility index (Phi) is 4.59. The van der Waals surface area contributed by atoms with Crippen molar-refractivity contribution < 1.29 is 4.79 Å². The third-order valence-electron chi connectivity index (χ3n) is 1.91. The van der Waals surface area contributed by atoms with Crippen molar-refractivity contribution in [2.45, 2.75) is 19.4 Å². The van der Waals surface area contributed by atoms with Gasteiger partial charge in [0.25, 0.3) is 0 Å². The van der Waals surface area contributed by atoms with E-state index in [4.69, 9.17) is 0 Å². The van der Waals surface area contributed by atoms with Gasteiger partial charge in [-0.2, -0.15) is 0 Å². The second kappa shape index (κ2) is 5.75. The van der Waals surface area contributed by atoms with Gasteiger partial charge in [0.2, 0.25) is 5.91 Å². The molecule has 4 heteroatoms. The molecule has 0 unspecified atom stereocenters. The van der Waals surface area contributed by atoms with Crippen LogP contribution in [0.5, 0.6) is 0 Å². The largest absolute Gasteiger partial charge is 0.350 e. The first-order valence-electron chi connectivity index (χ1n) is 4.49. The van der Waals surface area contributed by atoms with Crippen LogP contribution in [-0.4, -0.2) is 16.2 Å². The van der Waals surface area contributed by atoms with Crippen molar-refractivity contribution in [2.24, 2.45) is 0 Å². The van der Waals surface area contributed by atoms with Crippen LogP contribution in [0.25, 0.3) is 0 Å². The Balaban J connectivity index is 2.50. The van der Waals surface area contributed by atoms with Gasteiger partial charge >= 0.3 is 0 Å². The summed E-state index contributed by atoms with van der Waals surface area (Å²) in [4.78, 5) is 15.2. The number of pyridine rings is 1. The minimum atomic E-state index is 0.0459. The smallest absolute Gasteiger partial charge is 0.221 e. The van der Waals surface area contributed by atoms with E-state index in [0.717, 1.165) is 5.56 Å². The minimum absolute atomic E-state index is 0.0459. The van der Waals surface area contributed by atoms with Crippen LogP contribution in [0.1, 0.15) is 24.9 Å². The molecular formula is C10H13BrN2O. The zero-order chi connectivity index (χ0) is 10.4. The molecule has 0 aliphatic heterocycles. The van der Waals surface area contributed by atoms with Crippen LogP contribution >= 0.6 is 15.9 Å². The first kappa shape index (κ1) is 11.2. The Hall–Kier alpha value is -0.900. The average Bonchev–Trinajstić information content (AvgIpc) is 2.19. The Morgan fingerprint density at radius 1 is 1.57 bits per heavy atom. The van der Waals surface area contributed by atoms with E-state index in [1.54, 1.807) is 12.4 Å². The van der Waals surface area contributed by atoms with E-state index in [2.05, 4.69) is 26.2 Å². The van der Waals surface area contributed by atoms with Crippen molar-refractivity contribution >= 4 is 21.8 Å². The maximum absolute atomic E-state index is 11.3. The average molecular weight is 257 g/mol. The lowest BCUT2D eigenvalue weighted by Crippen LogP contribution is -2.26. The summed E-state index contributed by atoms with van der Waals surface area (Å²) in [6.45, 7) is 1.96. The van der Waals surface area contributed by atoms with Crippen LogP contribution in [0.15, 0.2) is 24.5 Å². The predicted octanol–water partition coefficient (Wildman–Crippen LogP) is 2.04. The van der Waals surface area contributed by atoms with Gasteiger partial charge in [0.1, 0.15) is 0 Å². The highest BCUT2D eigenvalue weighted by atomic mass is 79.9. The Morgan fingerprint density at radius 3 is 2.79 bits per heavy atom. The number of nitrogens with zero attached hydrogens (tertiary/aromatic N) is 1. The molecule has 0 spiro atoms. The van der Waals surface area contributed by atoms with Gasteiger partial charge in [0.15, 0.2) is 0 Å². The number of nitrogens with one attached hydrogen (secondary N) is 1. The van der Waals surface area contributed by atoms with E-state index < -0.39 is 0 Å². The molecule has 0 aliphatic rings. The molecule has 1 rings (SSSR count). The summed E-state index contributed by atoms with van der Waals surface area (Å²) in [5, 5.41) is 3.60. The maximum atomic E-state index is 11.3. The molecule has 0 saturated heterocycles. The van der Waals surface area contributed by atoms with Gasteiger partial charge in [-0.1, -0.05) is 15.9 Å². The fourth-order valence-corrected chi connectivity index (χ4v) is 1.50. The molecule has 3 nitrogen and oxygen atoms in total. The number of hydrogen-bond donors (Lipinski definition) is 1. The van der Waals surface area contributed by atoms with Gasteiger partial charge in [-0.25, -0.2) is 0 Å². The predicted molar refractivity (Wildman–Crippen MR) is 59.2 cm³/mol. The lowest BCUT2D eigenvalue weighted by molar-refractivity contribution is -0.121. The number of carbonyl (C=O) groups excluding carboxylic acids is 1. The fraction of sp³-hybridized carbons (Fsp3) is 0.400. The van der Waals surface area contributed by atoms with Crippen LogP contribution in [0.2, 0.25) is 0 Å². The van der Waals surface area contributed by atoms with Gasteiger partial charge in [0.05, 0.1) is 6.04 Å². The van der Waals surface area contributed by atoms with Gasteiger partial charge in [-0.15, -0.1) is 0 Å². The summed E-state index contributed by atoms with van der Waals surface area (Å²) in [6, 6.07) is 3.85. The van der Waals surface area contributed by atoms with Crippen molar-refractivity contribution in [3.8, 4) is 0 Å². The molecule has 14 heavy (non-hydrogen) atoms. The van der Waals surface area contributed by atoms with Crippen molar-refractivity contribution in [2.75, 3.05) is 5.33 Å². The van der Waals surface area contributed by atoms with Crippen LogP contribution < -0.4 is 5.32 Å². The number of halogens is 1. The Labute approximate surface area is 92.1 Å². The van der Waals surface area contributed by atoms with Crippen LogP contribution in [0.3, 0.4) is 0 Å². The molecule has 0 aromatic carbocycles. The molecule has 1 heterocycles. The third-order valence-corrected chi connectivity index (χ3v) is 2.30. The van der Waals surface area contributed by atoms with Crippen molar-refractivity contribution in [3.05, 3.63) is 30.1 Å². The normalized spacial score (nSPS) is 12.1. The van der Waals surface area contributed by atoms with Crippen molar-refractivity contribution in [1.29, 1.82) is 0 Å². The summed E-state index contributed by atoms with van der Waals surface area (Å²) in [5.41, 5.74) is 1.07. The molecule has 0 radical (unpaired) electrons. The zero-order valence-electron chi connectivity index (χ0n) is 8.03. The first-order chi connectivity index (χ1) is 6.74. The molecule has 0 fully saturated rings. The van der Waals surface area contributed by atoms with Gasteiger partial charge < -0.3 is 5.32 Å². The second-order valence-electron chi connectivity index (χ2n) is 3.01. The van der Waals surface area contributed by atoms with E-state index in [0.29, 0.717) is 11.8 Å². The lowest BCUT2D eigenvalue weighted by atomic mass is 10.1. The molecule has 1 aromatic rings. The summed E-state index contributed by atoms with van der Waals surface area (Å²) < 4.78 is 0. The van der Waals surface area contributed by atoms with E-state index in [-0.39, 0.29) is 11.9 Å². The summed E-state index contributed by atoms with van der Waals surface area (Å²) in [5.74, 6) is 0.0613. The van der Waals surface area contributed by atoms with Crippen molar-refractivity contribution in [1.82, 2.24) is 10.3 Å². The van der Waals surface area contributed by atoms with Gasteiger partial charge in [0, 0.05) is 24.1 Å². The number of alkyl halides is 1. The zero-order valence-corrected chi connectivity index (χ0v) is 9.62. The highest BCUT2D eigenvalue weighted by Crippen LogP contribution is 2.10. The molecule has 1 atom stereocenters. The van der Waals surface area contributed by atoms with Crippen molar-refractivity contribution in [3.63, 3.8) is 0 Å². The molecule has 1 N–H and O–H groups in total. The number of rotatable bonds is 4. The summed E-state index contributed by atoms with van der Waals surface area (Å²) in [7, 11) is 0. The molecular weight excluding hydrogens is 244 g/mol. The van der Waals surface area contributed by atoms with Gasteiger partial charge in [-0.05, 0) is 24.6 Å². The second-order valence-corrected chi connectivity index (χ2v) is 3.80. The topological polar surface area (TPSA) is 42.0 Å². The third kappa shape index (κ3) is 3.46. The summed E-state index contributed by atoms with van der Waals surface area (Å²) in [6.07, 6.45) is 3.96. The standard InChI is InChI=1S/C10H13BrN2O/c1-8(13-10(14)2-5-11)9-3-6-12-7-4-9/h3-4,6-8H,2,5H2,1H3,(H,13,14)/t8-/m0/s1. The highest BCUT2D eigenvalue weighted by molar-refractivity contribution is 9.09. The maximum Gasteiger partial charge on any atom is 0.221 e. The molecule has 0 saturated carbocycles. The fourth-order valence-electron chi connectivity index (χ4n) is 1.13. The molecule has 1 amide bonds. The van der Waals surface area contributed by atoms with E-state index >= 15 is 0 Å². The highest BCUT2D eigenvalue weighted by Gasteiger charge is 2.07. The van der Waals surface area contributed by atoms with E-state index in [1.807, 2.05) is 19.1 Å². The van der Waals surface area contributed by atoms with Crippen LogP contribution in [0, 0.1) is 0 Å². The van der Waals surface area contributed by atoms with Crippen LogP contribution in [-0.2, 0) is 4.79 Å². The monoisotopic (exact) mass is 256 g/mol. The number of hydrogen-bond acceptors (Lipinski definition) is 2. The quantitative estimate of drug-likeness (QED) is 0.839. The molecule has 1 aromatic heterocycles. The Morgan fingerprint density at radius 2 is 2.21 bits per heavy atom.